The first-order chi connectivity index (χ1) is 10.2. The standard InChI is InChI=1S/C17H25F2NS/c1-2-9-20-14(12-21-15-5-3-4-6-15)10-13-7-8-16(18)17(19)11-13/h7-8,11,14-15,20H,2-6,9-10,12H2,1H3. The first-order valence-electron chi connectivity index (χ1n) is 7.98. The number of benzene rings is 1. The zero-order valence-corrected chi connectivity index (χ0v) is 13.5. The quantitative estimate of drug-likeness (QED) is 0.755. The van der Waals surface area contributed by atoms with Crippen molar-refractivity contribution in [2.24, 2.45) is 0 Å². The van der Waals surface area contributed by atoms with Gasteiger partial charge in [0.25, 0.3) is 0 Å². The second-order valence-electron chi connectivity index (χ2n) is 5.84. The van der Waals surface area contributed by atoms with Crippen molar-refractivity contribution < 1.29 is 8.78 Å². The van der Waals surface area contributed by atoms with Crippen LogP contribution in [0.4, 0.5) is 8.78 Å². The Kier molecular flexibility index (Phi) is 6.97. The number of hydrogen-bond donors (Lipinski definition) is 1. The Hall–Kier alpha value is -0.610. The van der Waals surface area contributed by atoms with Gasteiger partial charge in [-0.05, 0) is 49.9 Å². The summed E-state index contributed by atoms with van der Waals surface area (Å²) in [6.07, 6.45) is 7.22. The van der Waals surface area contributed by atoms with Gasteiger partial charge in [0.2, 0.25) is 0 Å². The lowest BCUT2D eigenvalue weighted by molar-refractivity contribution is 0.503. The Morgan fingerprint density at radius 1 is 1.24 bits per heavy atom. The minimum atomic E-state index is -0.767. The molecule has 1 fully saturated rings. The normalized spacial score (nSPS) is 17.3. The minimum absolute atomic E-state index is 0.334. The average Bonchev–Trinajstić information content (AvgIpc) is 2.99. The molecule has 0 spiro atoms. The topological polar surface area (TPSA) is 12.0 Å². The van der Waals surface area contributed by atoms with Gasteiger partial charge in [-0.3, -0.25) is 0 Å². The zero-order valence-electron chi connectivity index (χ0n) is 12.7. The van der Waals surface area contributed by atoms with Crippen molar-refractivity contribution in [3.8, 4) is 0 Å². The second kappa shape index (κ2) is 8.74. The minimum Gasteiger partial charge on any atom is -0.313 e. The summed E-state index contributed by atoms with van der Waals surface area (Å²) in [5.74, 6) is -0.466. The number of halogens is 2. The maximum absolute atomic E-state index is 13.3. The monoisotopic (exact) mass is 313 g/mol. The molecule has 118 valence electrons. The molecule has 1 aromatic rings. The van der Waals surface area contributed by atoms with Crippen molar-refractivity contribution in [3.05, 3.63) is 35.4 Å². The summed E-state index contributed by atoms with van der Waals surface area (Å²) in [5, 5.41) is 4.33. The average molecular weight is 313 g/mol. The van der Waals surface area contributed by atoms with Crippen LogP contribution in [0.15, 0.2) is 18.2 Å². The molecule has 1 unspecified atom stereocenters. The first-order valence-corrected chi connectivity index (χ1v) is 9.03. The summed E-state index contributed by atoms with van der Waals surface area (Å²) in [5.41, 5.74) is 0.870. The number of nitrogens with one attached hydrogen (secondary N) is 1. The van der Waals surface area contributed by atoms with Crippen LogP contribution < -0.4 is 5.32 Å². The molecular weight excluding hydrogens is 288 g/mol. The van der Waals surface area contributed by atoms with Crippen molar-refractivity contribution in [3.63, 3.8) is 0 Å². The van der Waals surface area contributed by atoms with Gasteiger partial charge in [0.15, 0.2) is 11.6 Å². The lowest BCUT2D eigenvalue weighted by Gasteiger charge is -2.20. The fourth-order valence-corrected chi connectivity index (χ4v) is 4.20. The van der Waals surface area contributed by atoms with Gasteiger partial charge in [-0.2, -0.15) is 11.8 Å². The predicted molar refractivity (Wildman–Crippen MR) is 86.9 cm³/mol. The maximum Gasteiger partial charge on any atom is 0.159 e. The lowest BCUT2D eigenvalue weighted by atomic mass is 10.1. The molecule has 1 N–H and O–H groups in total. The third-order valence-electron chi connectivity index (χ3n) is 3.98. The smallest absolute Gasteiger partial charge is 0.159 e. The summed E-state index contributed by atoms with van der Waals surface area (Å²) in [6, 6.07) is 4.58. The van der Waals surface area contributed by atoms with E-state index >= 15 is 0 Å². The van der Waals surface area contributed by atoms with Gasteiger partial charge >= 0.3 is 0 Å². The highest BCUT2D eigenvalue weighted by Crippen LogP contribution is 2.30. The molecule has 0 heterocycles. The molecule has 4 heteroatoms. The summed E-state index contributed by atoms with van der Waals surface area (Å²) in [7, 11) is 0. The molecule has 2 rings (SSSR count). The largest absolute Gasteiger partial charge is 0.313 e. The van der Waals surface area contributed by atoms with E-state index in [1.54, 1.807) is 6.07 Å². The number of thioether (sulfide) groups is 1. The molecule has 21 heavy (non-hydrogen) atoms. The van der Waals surface area contributed by atoms with E-state index in [1.807, 2.05) is 11.8 Å². The molecule has 0 saturated heterocycles. The predicted octanol–water partition coefficient (Wildman–Crippen LogP) is 4.55. The van der Waals surface area contributed by atoms with Gasteiger partial charge in [-0.15, -0.1) is 0 Å². The van der Waals surface area contributed by atoms with E-state index in [2.05, 4.69) is 12.2 Å². The Labute approximate surface area is 130 Å². The van der Waals surface area contributed by atoms with Crippen LogP contribution in [0, 0.1) is 11.6 Å². The molecule has 0 aromatic heterocycles. The maximum atomic E-state index is 13.3. The molecule has 1 aromatic carbocycles. The van der Waals surface area contributed by atoms with Crippen LogP contribution >= 0.6 is 11.8 Å². The fraction of sp³-hybridized carbons (Fsp3) is 0.647. The van der Waals surface area contributed by atoms with Crippen molar-refractivity contribution in [1.29, 1.82) is 0 Å². The SMILES string of the molecule is CCCNC(CSC1CCCC1)Cc1ccc(F)c(F)c1. The number of hydrogen-bond acceptors (Lipinski definition) is 2. The molecule has 1 aliphatic carbocycles. The molecule has 0 bridgehead atoms. The summed E-state index contributed by atoms with van der Waals surface area (Å²) in [4.78, 5) is 0. The van der Waals surface area contributed by atoms with Crippen LogP contribution in [0.1, 0.15) is 44.6 Å². The van der Waals surface area contributed by atoms with Crippen LogP contribution in [0.3, 0.4) is 0 Å². The Morgan fingerprint density at radius 3 is 2.67 bits per heavy atom. The molecule has 1 atom stereocenters. The highest BCUT2D eigenvalue weighted by molar-refractivity contribution is 7.99. The van der Waals surface area contributed by atoms with E-state index in [-0.39, 0.29) is 0 Å². The van der Waals surface area contributed by atoms with Gasteiger partial charge in [-0.1, -0.05) is 25.8 Å². The van der Waals surface area contributed by atoms with Crippen molar-refractivity contribution >= 4 is 11.8 Å². The highest BCUT2D eigenvalue weighted by atomic mass is 32.2. The van der Waals surface area contributed by atoms with Crippen LogP contribution in [0.5, 0.6) is 0 Å². The summed E-state index contributed by atoms with van der Waals surface area (Å²) < 4.78 is 26.3. The lowest BCUT2D eigenvalue weighted by Crippen LogP contribution is -2.34. The van der Waals surface area contributed by atoms with Gasteiger partial charge < -0.3 is 5.32 Å². The molecule has 0 amide bonds. The summed E-state index contributed by atoms with van der Waals surface area (Å²) in [6.45, 7) is 3.12. The third-order valence-corrected chi connectivity index (χ3v) is 5.52. The van der Waals surface area contributed by atoms with Gasteiger partial charge in [-0.25, -0.2) is 8.78 Å². The van der Waals surface area contributed by atoms with Crippen LogP contribution in [-0.2, 0) is 6.42 Å². The van der Waals surface area contributed by atoms with E-state index in [0.717, 1.165) is 36.0 Å². The third kappa shape index (κ3) is 5.59. The molecule has 1 saturated carbocycles. The molecular formula is C17H25F2NS. The first kappa shape index (κ1) is 16.8. The molecule has 1 nitrogen and oxygen atoms in total. The van der Waals surface area contributed by atoms with E-state index in [4.69, 9.17) is 0 Å². The van der Waals surface area contributed by atoms with Crippen LogP contribution in [0.2, 0.25) is 0 Å². The van der Waals surface area contributed by atoms with E-state index in [1.165, 1.54) is 37.8 Å². The van der Waals surface area contributed by atoms with E-state index in [0.29, 0.717) is 6.04 Å². The molecule has 1 aliphatic rings. The van der Waals surface area contributed by atoms with Crippen molar-refractivity contribution in [2.45, 2.75) is 56.7 Å². The number of rotatable bonds is 8. The fourth-order valence-electron chi connectivity index (χ4n) is 2.80. The Bertz CT molecular complexity index is 433. The van der Waals surface area contributed by atoms with Gasteiger partial charge in [0, 0.05) is 17.0 Å². The molecule has 0 aliphatic heterocycles. The molecule has 0 radical (unpaired) electrons. The van der Waals surface area contributed by atoms with E-state index in [9.17, 15) is 8.78 Å². The highest BCUT2D eigenvalue weighted by Gasteiger charge is 2.18. The zero-order chi connectivity index (χ0) is 15.1. The van der Waals surface area contributed by atoms with E-state index < -0.39 is 11.6 Å². The second-order valence-corrected chi connectivity index (χ2v) is 7.18. The van der Waals surface area contributed by atoms with Crippen LogP contribution in [-0.4, -0.2) is 23.6 Å². The van der Waals surface area contributed by atoms with Crippen LogP contribution in [0.25, 0.3) is 0 Å². The van der Waals surface area contributed by atoms with Gasteiger partial charge in [0.05, 0.1) is 0 Å². The van der Waals surface area contributed by atoms with Crippen molar-refractivity contribution in [1.82, 2.24) is 5.32 Å². The summed E-state index contributed by atoms with van der Waals surface area (Å²) >= 11 is 2.04. The van der Waals surface area contributed by atoms with Crippen molar-refractivity contribution in [2.75, 3.05) is 12.3 Å². The Balaban J connectivity index is 1.89. The van der Waals surface area contributed by atoms with Gasteiger partial charge in [0.1, 0.15) is 0 Å². The Morgan fingerprint density at radius 2 is 2.00 bits per heavy atom.